The van der Waals surface area contributed by atoms with Crippen LogP contribution in [0.4, 0.5) is 11.4 Å². The van der Waals surface area contributed by atoms with Crippen LogP contribution < -0.4 is 10.2 Å². The summed E-state index contributed by atoms with van der Waals surface area (Å²) in [4.78, 5) is 25.8. The maximum absolute atomic E-state index is 12.3. The summed E-state index contributed by atoms with van der Waals surface area (Å²) in [6, 6.07) is 13.5. The zero-order valence-electron chi connectivity index (χ0n) is 12.5. The molecule has 0 radical (unpaired) electrons. The number of likely N-dealkylation sites (N-methyl/N-ethyl adjacent to an activating group) is 1. The van der Waals surface area contributed by atoms with Gasteiger partial charge in [0.1, 0.15) is 5.75 Å². The third kappa shape index (κ3) is 3.63. The maximum atomic E-state index is 12.3. The second-order valence-corrected chi connectivity index (χ2v) is 4.89. The number of rotatable bonds is 3. The number of nitrogens with zero attached hydrogens (tertiary/aromatic N) is 1. The van der Waals surface area contributed by atoms with Gasteiger partial charge in [-0.15, -0.1) is 0 Å². The normalized spacial score (nSPS) is 10.1. The van der Waals surface area contributed by atoms with Gasteiger partial charge < -0.3 is 15.3 Å². The number of aryl methyl sites for hydroxylation is 1. The summed E-state index contributed by atoms with van der Waals surface area (Å²) in [5, 5.41) is 11.9. The molecule has 2 aromatic carbocycles. The predicted molar refractivity (Wildman–Crippen MR) is 85.9 cm³/mol. The van der Waals surface area contributed by atoms with Crippen molar-refractivity contribution in [3.63, 3.8) is 0 Å². The van der Waals surface area contributed by atoms with E-state index >= 15 is 0 Å². The first kappa shape index (κ1) is 15.6. The summed E-state index contributed by atoms with van der Waals surface area (Å²) >= 11 is 0. The van der Waals surface area contributed by atoms with E-state index in [9.17, 15) is 14.7 Å². The Labute approximate surface area is 129 Å². The Hall–Kier alpha value is -2.82. The van der Waals surface area contributed by atoms with E-state index in [4.69, 9.17) is 0 Å². The van der Waals surface area contributed by atoms with Crippen LogP contribution in [0.3, 0.4) is 0 Å². The van der Waals surface area contributed by atoms with Crippen LogP contribution in [0, 0.1) is 6.92 Å². The second kappa shape index (κ2) is 6.76. The molecule has 0 saturated heterocycles. The Morgan fingerprint density at radius 1 is 1.14 bits per heavy atom. The van der Waals surface area contributed by atoms with Gasteiger partial charge in [0, 0.05) is 24.0 Å². The fourth-order valence-electron chi connectivity index (χ4n) is 2.13. The summed E-state index contributed by atoms with van der Waals surface area (Å²) in [5.41, 5.74) is 2.06. The Kier molecular flexibility index (Phi) is 4.78. The zero-order chi connectivity index (χ0) is 16.1. The van der Waals surface area contributed by atoms with Crippen molar-refractivity contribution in [2.24, 2.45) is 0 Å². The number of hydrogen-bond donors (Lipinski definition) is 2. The predicted octanol–water partition coefficient (Wildman–Crippen LogP) is 2.69. The van der Waals surface area contributed by atoms with E-state index in [2.05, 4.69) is 5.32 Å². The summed E-state index contributed by atoms with van der Waals surface area (Å²) in [6.45, 7) is 4.12. The minimum atomic E-state index is -0.742. The van der Waals surface area contributed by atoms with Crippen LogP contribution in [0.2, 0.25) is 0 Å². The summed E-state index contributed by atoms with van der Waals surface area (Å²) in [6.07, 6.45) is 0. The summed E-state index contributed by atoms with van der Waals surface area (Å²) in [7, 11) is 0. The van der Waals surface area contributed by atoms with Crippen LogP contribution in [-0.2, 0) is 9.59 Å². The van der Waals surface area contributed by atoms with E-state index in [1.54, 1.807) is 18.2 Å². The molecule has 2 N–H and O–H groups in total. The number of phenolic OH excluding ortho intramolecular Hbond substituents is 1. The van der Waals surface area contributed by atoms with Gasteiger partial charge in [-0.25, -0.2) is 0 Å². The topological polar surface area (TPSA) is 69.6 Å². The molecule has 0 aliphatic rings. The van der Waals surface area contributed by atoms with Gasteiger partial charge in [-0.2, -0.15) is 0 Å². The minimum absolute atomic E-state index is 0.0243. The van der Waals surface area contributed by atoms with Gasteiger partial charge in [0.15, 0.2) is 0 Å². The van der Waals surface area contributed by atoms with E-state index in [0.29, 0.717) is 17.9 Å². The number of anilines is 2. The fourth-order valence-corrected chi connectivity index (χ4v) is 2.13. The molecule has 2 aromatic rings. The van der Waals surface area contributed by atoms with E-state index in [-0.39, 0.29) is 5.75 Å². The van der Waals surface area contributed by atoms with Gasteiger partial charge in [-0.3, -0.25) is 9.59 Å². The largest absolute Gasteiger partial charge is 0.508 e. The van der Waals surface area contributed by atoms with E-state index in [1.807, 2.05) is 32.0 Å². The Morgan fingerprint density at radius 2 is 1.86 bits per heavy atom. The molecular formula is C17H18N2O3. The third-order valence-corrected chi connectivity index (χ3v) is 3.17. The van der Waals surface area contributed by atoms with Crippen LogP contribution in [0.1, 0.15) is 12.5 Å². The smallest absolute Gasteiger partial charge is 0.316 e. The standard InChI is InChI=1S/C17H18N2O3/c1-3-19(14-8-4-6-12(2)10-14)17(22)16(21)18-13-7-5-9-15(20)11-13/h4-11,20H,3H2,1-2H3,(H,18,21). The molecule has 0 aromatic heterocycles. The van der Waals surface area contributed by atoms with Gasteiger partial charge >= 0.3 is 11.8 Å². The summed E-state index contributed by atoms with van der Waals surface area (Å²) < 4.78 is 0. The first-order chi connectivity index (χ1) is 10.5. The molecule has 2 amide bonds. The van der Waals surface area contributed by atoms with E-state index in [0.717, 1.165) is 5.56 Å². The highest BCUT2D eigenvalue weighted by Gasteiger charge is 2.22. The van der Waals surface area contributed by atoms with Gasteiger partial charge in [0.2, 0.25) is 0 Å². The van der Waals surface area contributed by atoms with Crippen LogP contribution >= 0.6 is 0 Å². The molecule has 114 valence electrons. The molecule has 2 rings (SSSR count). The third-order valence-electron chi connectivity index (χ3n) is 3.17. The lowest BCUT2D eigenvalue weighted by Gasteiger charge is -2.20. The quantitative estimate of drug-likeness (QED) is 0.856. The van der Waals surface area contributed by atoms with Gasteiger partial charge in [-0.1, -0.05) is 18.2 Å². The number of carbonyl (C=O) groups is 2. The molecule has 0 bridgehead atoms. The van der Waals surface area contributed by atoms with Crippen LogP contribution in [0.25, 0.3) is 0 Å². The van der Waals surface area contributed by atoms with Gasteiger partial charge in [0.25, 0.3) is 0 Å². The molecule has 0 fully saturated rings. The lowest BCUT2D eigenvalue weighted by molar-refractivity contribution is -0.134. The molecule has 0 aliphatic heterocycles. The lowest BCUT2D eigenvalue weighted by Crippen LogP contribution is -2.39. The first-order valence-corrected chi connectivity index (χ1v) is 7.00. The number of nitrogens with one attached hydrogen (secondary N) is 1. The number of hydrogen-bond acceptors (Lipinski definition) is 3. The average Bonchev–Trinajstić information content (AvgIpc) is 2.48. The van der Waals surface area contributed by atoms with Crippen molar-refractivity contribution < 1.29 is 14.7 Å². The number of aromatic hydroxyl groups is 1. The van der Waals surface area contributed by atoms with Gasteiger partial charge in [-0.05, 0) is 43.7 Å². The van der Waals surface area contributed by atoms with Gasteiger partial charge in [0.05, 0.1) is 0 Å². The minimum Gasteiger partial charge on any atom is -0.508 e. The molecule has 22 heavy (non-hydrogen) atoms. The van der Waals surface area contributed by atoms with Crippen molar-refractivity contribution in [2.75, 3.05) is 16.8 Å². The number of benzene rings is 2. The van der Waals surface area contributed by atoms with Crippen molar-refractivity contribution in [3.05, 3.63) is 54.1 Å². The molecule has 5 nitrogen and oxygen atoms in total. The second-order valence-electron chi connectivity index (χ2n) is 4.89. The van der Waals surface area contributed by atoms with Crippen LogP contribution in [-0.4, -0.2) is 23.5 Å². The maximum Gasteiger partial charge on any atom is 0.316 e. The molecule has 0 saturated carbocycles. The van der Waals surface area contributed by atoms with E-state index < -0.39 is 11.8 Å². The monoisotopic (exact) mass is 298 g/mol. The highest BCUT2D eigenvalue weighted by Crippen LogP contribution is 2.18. The number of amides is 2. The molecule has 0 spiro atoms. The molecule has 0 aliphatic carbocycles. The van der Waals surface area contributed by atoms with Crippen molar-refractivity contribution in [2.45, 2.75) is 13.8 Å². The number of carbonyl (C=O) groups excluding carboxylic acids is 2. The molecule has 5 heteroatoms. The Morgan fingerprint density at radius 3 is 2.50 bits per heavy atom. The van der Waals surface area contributed by atoms with E-state index in [1.165, 1.54) is 17.0 Å². The first-order valence-electron chi connectivity index (χ1n) is 7.00. The Bertz CT molecular complexity index is 698. The lowest BCUT2D eigenvalue weighted by atomic mass is 10.2. The Balaban J connectivity index is 2.16. The number of phenols is 1. The van der Waals surface area contributed by atoms with Crippen LogP contribution in [0.5, 0.6) is 5.75 Å². The van der Waals surface area contributed by atoms with Crippen molar-refractivity contribution in [1.29, 1.82) is 0 Å². The van der Waals surface area contributed by atoms with Crippen molar-refractivity contribution >= 4 is 23.2 Å². The fraction of sp³-hybridized carbons (Fsp3) is 0.176. The molecule has 0 heterocycles. The summed E-state index contributed by atoms with van der Waals surface area (Å²) in [5.74, 6) is -1.36. The molecule has 0 atom stereocenters. The van der Waals surface area contributed by atoms with Crippen molar-refractivity contribution in [3.8, 4) is 5.75 Å². The average molecular weight is 298 g/mol. The zero-order valence-corrected chi connectivity index (χ0v) is 12.5. The molecular weight excluding hydrogens is 280 g/mol. The van der Waals surface area contributed by atoms with Crippen LogP contribution in [0.15, 0.2) is 48.5 Å². The highest BCUT2D eigenvalue weighted by molar-refractivity contribution is 6.44. The highest BCUT2D eigenvalue weighted by atomic mass is 16.3. The van der Waals surface area contributed by atoms with Crippen molar-refractivity contribution in [1.82, 2.24) is 0 Å². The SMILES string of the molecule is CCN(C(=O)C(=O)Nc1cccc(O)c1)c1cccc(C)c1. The molecule has 0 unspecified atom stereocenters.